The van der Waals surface area contributed by atoms with Gasteiger partial charge >= 0.3 is 5.97 Å². The van der Waals surface area contributed by atoms with E-state index in [1.54, 1.807) is 0 Å². The van der Waals surface area contributed by atoms with Gasteiger partial charge in [0.1, 0.15) is 5.82 Å². The van der Waals surface area contributed by atoms with Crippen LogP contribution in [-0.4, -0.2) is 42.6 Å². The third-order valence-corrected chi connectivity index (χ3v) is 6.57. The van der Waals surface area contributed by atoms with Crippen LogP contribution >= 0.6 is 0 Å². The van der Waals surface area contributed by atoms with Crippen molar-refractivity contribution in [2.24, 2.45) is 5.92 Å². The molecule has 0 saturated carbocycles. The predicted octanol–water partition coefficient (Wildman–Crippen LogP) is 3.28. The van der Waals surface area contributed by atoms with E-state index in [2.05, 4.69) is 17.1 Å². The van der Waals surface area contributed by atoms with Crippen LogP contribution in [0.15, 0.2) is 12.1 Å². The molecule has 3 unspecified atom stereocenters. The van der Waals surface area contributed by atoms with Crippen LogP contribution in [0.5, 0.6) is 0 Å². The average molecular weight is 360 g/mol. The zero-order valence-corrected chi connectivity index (χ0v) is 15.8. The summed E-state index contributed by atoms with van der Waals surface area (Å²) in [6, 6.07) is 4.93. The Bertz CT molecular complexity index is 681. The maximum Gasteiger partial charge on any atom is 0.337 e. The van der Waals surface area contributed by atoms with E-state index in [-0.39, 0.29) is 5.82 Å². The largest absolute Gasteiger partial charge is 0.465 e. The number of nitrogens with one attached hydrogen (secondary N) is 1. The van der Waals surface area contributed by atoms with E-state index in [4.69, 9.17) is 4.74 Å². The smallest absolute Gasteiger partial charge is 0.337 e. The van der Waals surface area contributed by atoms with Crippen LogP contribution in [-0.2, 0) is 17.7 Å². The number of carbonyl (C=O) groups is 1. The fourth-order valence-corrected chi connectivity index (χ4v) is 5.28. The Morgan fingerprint density at radius 3 is 2.69 bits per heavy atom. The van der Waals surface area contributed by atoms with Crippen molar-refractivity contribution in [3.63, 3.8) is 0 Å². The van der Waals surface area contributed by atoms with E-state index in [0.29, 0.717) is 23.7 Å². The van der Waals surface area contributed by atoms with Gasteiger partial charge in [-0.1, -0.05) is 6.92 Å². The number of ether oxygens (including phenoxy) is 1. The summed E-state index contributed by atoms with van der Waals surface area (Å²) < 4.78 is 19.4. The fourth-order valence-electron chi connectivity index (χ4n) is 5.28. The van der Waals surface area contributed by atoms with Gasteiger partial charge in [-0.15, -0.1) is 0 Å². The first-order valence-electron chi connectivity index (χ1n) is 9.97. The van der Waals surface area contributed by atoms with Crippen molar-refractivity contribution < 1.29 is 13.9 Å². The number of esters is 1. The molecule has 4 rings (SSSR count). The number of rotatable bonds is 4. The second-order valence-corrected chi connectivity index (χ2v) is 8.26. The third kappa shape index (κ3) is 3.39. The molecule has 0 radical (unpaired) electrons. The van der Waals surface area contributed by atoms with Crippen molar-refractivity contribution in [1.82, 2.24) is 10.2 Å². The Kier molecular flexibility index (Phi) is 5.02. The summed E-state index contributed by atoms with van der Waals surface area (Å²) in [4.78, 5) is 14.4. The van der Waals surface area contributed by atoms with Gasteiger partial charge in [-0.3, -0.25) is 4.90 Å². The lowest BCUT2D eigenvalue weighted by Crippen LogP contribution is -2.47. The number of hydrogen-bond donors (Lipinski definition) is 1. The Balaban J connectivity index is 1.54. The quantitative estimate of drug-likeness (QED) is 0.837. The van der Waals surface area contributed by atoms with Gasteiger partial charge in [0.15, 0.2) is 0 Å². The molecule has 3 heterocycles. The van der Waals surface area contributed by atoms with Crippen LogP contribution in [0.2, 0.25) is 0 Å². The second kappa shape index (κ2) is 7.28. The molecular formula is C21H29FN2O2. The highest BCUT2D eigenvalue weighted by Crippen LogP contribution is 2.34. The Morgan fingerprint density at radius 1 is 1.31 bits per heavy atom. The summed E-state index contributed by atoms with van der Waals surface area (Å²) in [6.45, 7) is 4.00. The average Bonchev–Trinajstić information content (AvgIpc) is 2.98. The van der Waals surface area contributed by atoms with E-state index in [1.807, 2.05) is 6.07 Å². The molecular weight excluding hydrogens is 331 g/mol. The molecule has 3 aliphatic rings. The molecule has 2 fully saturated rings. The number of methoxy groups -OCH3 is 1. The van der Waals surface area contributed by atoms with Crippen molar-refractivity contribution in [2.45, 2.75) is 70.1 Å². The van der Waals surface area contributed by atoms with Crippen molar-refractivity contribution >= 4 is 5.97 Å². The highest BCUT2D eigenvalue weighted by atomic mass is 19.1. The van der Waals surface area contributed by atoms with Gasteiger partial charge < -0.3 is 10.1 Å². The highest BCUT2D eigenvalue weighted by molar-refractivity contribution is 5.89. The molecule has 0 amide bonds. The van der Waals surface area contributed by atoms with Crippen molar-refractivity contribution in [2.75, 3.05) is 13.7 Å². The lowest BCUT2D eigenvalue weighted by molar-refractivity contribution is 0.0599. The summed E-state index contributed by atoms with van der Waals surface area (Å²) >= 11 is 0. The molecule has 3 aliphatic heterocycles. The normalized spacial score (nSPS) is 30.9. The first-order valence-corrected chi connectivity index (χ1v) is 9.97. The monoisotopic (exact) mass is 360 g/mol. The van der Waals surface area contributed by atoms with Gasteiger partial charge in [0.25, 0.3) is 0 Å². The number of nitrogens with zero attached hydrogens (tertiary/aromatic N) is 1. The Hall–Kier alpha value is -1.46. The van der Waals surface area contributed by atoms with Crippen molar-refractivity contribution in [3.8, 4) is 0 Å². The number of fused-ring (bicyclic) bond motifs is 3. The first-order chi connectivity index (χ1) is 12.6. The number of benzene rings is 1. The molecule has 142 valence electrons. The van der Waals surface area contributed by atoms with Crippen LogP contribution in [0.25, 0.3) is 0 Å². The molecule has 0 aliphatic carbocycles. The molecule has 0 aromatic heterocycles. The summed E-state index contributed by atoms with van der Waals surface area (Å²) in [7, 11) is 1.34. The lowest BCUT2D eigenvalue weighted by Gasteiger charge is -2.40. The van der Waals surface area contributed by atoms with E-state index in [0.717, 1.165) is 43.0 Å². The number of hydrogen-bond acceptors (Lipinski definition) is 4. The van der Waals surface area contributed by atoms with E-state index < -0.39 is 5.97 Å². The topological polar surface area (TPSA) is 41.6 Å². The molecule has 26 heavy (non-hydrogen) atoms. The summed E-state index contributed by atoms with van der Waals surface area (Å²) in [5, 5.41) is 3.71. The maximum atomic E-state index is 14.6. The summed E-state index contributed by atoms with van der Waals surface area (Å²) in [5.41, 5.74) is 2.05. The third-order valence-electron chi connectivity index (χ3n) is 6.57. The summed E-state index contributed by atoms with van der Waals surface area (Å²) in [6.07, 6.45) is 6.90. The van der Waals surface area contributed by atoms with Gasteiger partial charge in [0, 0.05) is 31.2 Å². The summed E-state index contributed by atoms with van der Waals surface area (Å²) in [5.74, 6) is -0.00954. The molecule has 3 atom stereocenters. The molecule has 1 N–H and O–H groups in total. The standard InChI is InChI=1S/C21H29FN2O2/c1-3-18-10-19-15(8-14(9-20(19)22)21(25)26-2)12-24(18)11-13-6-16-4-5-17(7-13)23-16/h8-9,13,16-18,23H,3-7,10-12H2,1-2H3. The molecule has 2 bridgehead atoms. The highest BCUT2D eigenvalue weighted by Gasteiger charge is 2.36. The second-order valence-electron chi connectivity index (χ2n) is 8.26. The van der Waals surface area contributed by atoms with Crippen LogP contribution in [0.1, 0.15) is 60.5 Å². The SMILES string of the molecule is CCC1Cc2c(F)cc(C(=O)OC)cc2CN1CC1CC2CCC(C1)N2. The molecule has 2 saturated heterocycles. The number of piperidine rings is 1. The number of halogens is 1. The molecule has 1 aromatic carbocycles. The molecule has 4 nitrogen and oxygen atoms in total. The van der Waals surface area contributed by atoms with Crippen molar-refractivity contribution in [3.05, 3.63) is 34.6 Å². The van der Waals surface area contributed by atoms with Gasteiger partial charge in [0.05, 0.1) is 12.7 Å². The fraction of sp³-hybridized carbons (Fsp3) is 0.667. The Labute approximate surface area is 155 Å². The van der Waals surface area contributed by atoms with E-state index in [9.17, 15) is 9.18 Å². The van der Waals surface area contributed by atoms with Crippen LogP contribution in [0.4, 0.5) is 4.39 Å². The first kappa shape index (κ1) is 17.9. The minimum atomic E-state index is -0.467. The zero-order chi connectivity index (χ0) is 18.3. The van der Waals surface area contributed by atoms with Gasteiger partial charge in [-0.25, -0.2) is 9.18 Å². The number of carbonyl (C=O) groups excluding carboxylic acids is 1. The van der Waals surface area contributed by atoms with Crippen molar-refractivity contribution in [1.29, 1.82) is 0 Å². The van der Waals surface area contributed by atoms with Crippen LogP contribution in [0.3, 0.4) is 0 Å². The Morgan fingerprint density at radius 2 is 2.04 bits per heavy atom. The minimum absolute atomic E-state index is 0.263. The van der Waals surface area contributed by atoms with Gasteiger partial charge in [0.2, 0.25) is 0 Å². The molecule has 0 spiro atoms. The molecule has 5 heteroatoms. The van der Waals surface area contributed by atoms with Crippen LogP contribution < -0.4 is 5.32 Å². The maximum absolute atomic E-state index is 14.6. The minimum Gasteiger partial charge on any atom is -0.465 e. The van der Waals surface area contributed by atoms with Crippen LogP contribution in [0, 0.1) is 11.7 Å². The van der Waals surface area contributed by atoms with E-state index in [1.165, 1.54) is 38.9 Å². The lowest BCUT2D eigenvalue weighted by atomic mass is 9.87. The zero-order valence-electron chi connectivity index (χ0n) is 15.8. The van der Waals surface area contributed by atoms with E-state index >= 15 is 0 Å². The van der Waals surface area contributed by atoms with Gasteiger partial charge in [-0.05, 0) is 67.7 Å². The van der Waals surface area contributed by atoms with Gasteiger partial charge in [-0.2, -0.15) is 0 Å². The molecule has 1 aromatic rings. The predicted molar refractivity (Wildman–Crippen MR) is 98.6 cm³/mol.